The third-order valence-electron chi connectivity index (χ3n) is 15.4. The van der Waals surface area contributed by atoms with Gasteiger partial charge >= 0.3 is 29.2 Å². The van der Waals surface area contributed by atoms with E-state index in [9.17, 15) is 28.1 Å². The number of hydrogen-bond acceptors (Lipinski definition) is 23. The number of aliphatic carboxylic acids is 1. The number of carboxylic acids is 1. The number of anilines is 3. The molecule has 3 heterocycles. The summed E-state index contributed by atoms with van der Waals surface area (Å²) in [5, 5.41) is 52.7. The molecule has 42 heteroatoms. The molecule has 0 saturated heterocycles. The molecule has 0 aliphatic heterocycles. The van der Waals surface area contributed by atoms with Crippen LogP contribution < -0.4 is 63.0 Å². The standard InChI is InChI=1S/C23H24ClFN4O4S.C21H20ClFN4O4S.C16H13ClFN3OS.C15H11ClFNO.CH5N3S.Cl3OP/c1-3-33-19(30)8-5-11-26-22(31)27-23-29-28-18(34-23)13-15-9-10-17(32-2)20(21(15)25)14-6-4-7-16(24)12-14;1-31-15-8-7-13(19(23)18(15)12-4-2-5-14(22)10-12)11-16-26-27-21(32-16)25-20(30)24-9-3-6-17(28)29;1-22-12-6-5-10(8-13-20-21-16(19)23-13)15(18)14(12)9-3-2-4-11(17)7-9;1-19-13-6-5-10(7-8-18)15(17)14(13)11-3-2-4-12(16)9-11;2-1(5)4-3;1-5(2,3)4/h4,6-7,9-10,12H,3,5,8,11,13H2,1-2H3,(H2,26,27,29,31);2,4-5,7-8,10H,3,6,9,11H2,1H3,(H,28,29)(H2,24,25,27,30);2-7H,8H2,1H3,(H2,19,21);2-6,9H,7H2,1H3;3H2,(H3,2,4,5);. The highest BCUT2D eigenvalue weighted by Gasteiger charge is 2.23. The number of halogens is 11. The smallest absolute Gasteiger partial charge is 0.339 e. The van der Waals surface area contributed by atoms with E-state index in [2.05, 4.69) is 104 Å². The molecule has 0 aliphatic carbocycles. The highest BCUT2D eigenvalue weighted by Crippen LogP contribution is 2.61. The summed E-state index contributed by atoms with van der Waals surface area (Å²) in [6, 6.07) is 41.8. The Balaban J connectivity index is 0.000000239. The lowest BCUT2D eigenvalue weighted by atomic mass is 9.99. The summed E-state index contributed by atoms with van der Waals surface area (Å²) in [6.07, 6.45) is 1.65. The number of rotatable bonds is 26. The molecule has 3 aromatic heterocycles. The number of urea groups is 2. The number of nitrogens with two attached hydrogens (primary N) is 3. The Hall–Kier alpha value is -9.96. The number of amides is 4. The second-order valence-electron chi connectivity index (χ2n) is 23.5. The first kappa shape index (κ1) is 96.9. The Morgan fingerprint density at radius 2 is 0.839 bits per heavy atom. The highest BCUT2D eigenvalue weighted by atomic mass is 36.0. The number of nitrogen functional groups attached to an aromatic ring is 1. The first-order valence-corrected chi connectivity index (χ1v) is 43.1. The number of esters is 1. The van der Waals surface area contributed by atoms with Crippen molar-refractivity contribution in [2.75, 3.05) is 64.5 Å². The van der Waals surface area contributed by atoms with Crippen molar-refractivity contribution >= 4 is 176 Å². The average molecular weight is 1860 g/mol. The van der Waals surface area contributed by atoms with Gasteiger partial charge in [-0.25, -0.2) is 33.0 Å². The molecule has 4 amide bonds. The minimum Gasteiger partial charge on any atom is -0.496 e. The Bertz CT molecular complexity index is 5340. The molecule has 8 aromatic carbocycles. The third kappa shape index (κ3) is 32.1. The molecule has 11 aromatic rings. The van der Waals surface area contributed by atoms with E-state index < -0.39 is 40.7 Å². The van der Waals surface area contributed by atoms with Crippen LogP contribution in [-0.2, 0) is 44.6 Å². The predicted molar refractivity (Wildman–Crippen MR) is 462 cm³/mol. The summed E-state index contributed by atoms with van der Waals surface area (Å²) >= 11 is 45.7. The Kier molecular flexibility index (Phi) is 40.6. The Morgan fingerprint density at radius 1 is 0.525 bits per heavy atom. The number of hydrogen-bond donors (Lipinski definition) is 9. The number of nitrogens with zero attached hydrogens (tertiary/aromatic N) is 7. The molecule has 0 saturated carbocycles. The summed E-state index contributed by atoms with van der Waals surface area (Å²) in [5.74, 6) is 3.37. The molecule has 624 valence electrons. The fraction of sp³-hybridized carbons (Fsp3) is 0.211. The number of carbonyl (C=O) groups is 4. The molecule has 0 aliphatic rings. The molecule has 118 heavy (non-hydrogen) atoms. The van der Waals surface area contributed by atoms with Gasteiger partial charge in [-0.2, -0.15) is 5.26 Å². The van der Waals surface area contributed by atoms with E-state index in [0.29, 0.717) is 162 Å². The lowest BCUT2D eigenvalue weighted by Crippen LogP contribution is -2.34. The van der Waals surface area contributed by atoms with Crippen LogP contribution >= 0.6 is 132 Å². The van der Waals surface area contributed by atoms with E-state index in [4.69, 9.17) is 91.9 Å². The highest BCUT2D eigenvalue weighted by molar-refractivity contribution is 8.24. The number of benzene rings is 8. The summed E-state index contributed by atoms with van der Waals surface area (Å²) in [7, 11) is 5.94. The van der Waals surface area contributed by atoms with Crippen molar-refractivity contribution in [3.8, 4) is 73.6 Å². The van der Waals surface area contributed by atoms with E-state index in [0.717, 1.165) is 22.7 Å². The van der Waals surface area contributed by atoms with Crippen LogP contribution in [0.25, 0.3) is 44.5 Å². The molecular weight excluding hydrogens is 1780 g/mol. The average Bonchev–Trinajstić information content (AvgIpc) is 1.10. The molecule has 0 atom stereocenters. The van der Waals surface area contributed by atoms with Crippen LogP contribution in [0.5, 0.6) is 23.0 Å². The van der Waals surface area contributed by atoms with Gasteiger partial charge in [0.05, 0.1) is 69.8 Å². The lowest BCUT2D eigenvalue weighted by molar-refractivity contribution is -0.143. The summed E-state index contributed by atoms with van der Waals surface area (Å²) in [5.41, 5.74) is 17.8. The first-order valence-electron chi connectivity index (χ1n) is 34.3. The molecular formula is C76H73Cl7F4N15O11PS4. The van der Waals surface area contributed by atoms with Crippen LogP contribution in [0.1, 0.15) is 69.9 Å². The molecule has 0 unspecified atom stereocenters. The van der Waals surface area contributed by atoms with Gasteiger partial charge in [-0.1, -0.05) is 153 Å². The second kappa shape index (κ2) is 49.4. The van der Waals surface area contributed by atoms with E-state index >= 15 is 13.2 Å². The topological polar surface area (TPSA) is 391 Å². The fourth-order valence-electron chi connectivity index (χ4n) is 10.3. The number of thiocarbonyl (C=S) groups is 1. The normalized spacial score (nSPS) is 10.4. The van der Waals surface area contributed by atoms with Crippen molar-refractivity contribution in [3.63, 3.8) is 0 Å². The number of nitrogens with one attached hydrogen (secondary N) is 5. The summed E-state index contributed by atoms with van der Waals surface area (Å²) in [6.45, 7) is 2.59. The zero-order valence-electron chi connectivity index (χ0n) is 62.8. The number of nitriles is 1. The predicted octanol–water partition coefficient (Wildman–Crippen LogP) is 19.5. The van der Waals surface area contributed by atoms with Crippen molar-refractivity contribution < 1.29 is 70.1 Å². The fourth-order valence-corrected chi connectivity index (χ4v) is 13.2. The van der Waals surface area contributed by atoms with Gasteiger partial charge in [0, 0.05) is 70.8 Å². The van der Waals surface area contributed by atoms with Gasteiger partial charge in [-0.15, -0.1) is 30.6 Å². The number of carboxylic acid groups (broad SMARTS) is 1. The monoisotopic (exact) mass is 1850 g/mol. The van der Waals surface area contributed by atoms with Crippen LogP contribution in [0.4, 0.5) is 42.5 Å². The maximum absolute atomic E-state index is 15.4. The minimum atomic E-state index is -3.22. The quantitative estimate of drug-likeness (QED) is 0.00462. The van der Waals surface area contributed by atoms with E-state index in [1.54, 1.807) is 153 Å². The Morgan fingerprint density at radius 3 is 1.13 bits per heavy atom. The van der Waals surface area contributed by atoms with E-state index in [1.807, 2.05) is 11.5 Å². The number of ether oxygens (including phenoxy) is 5. The Labute approximate surface area is 726 Å². The van der Waals surface area contributed by atoms with Crippen LogP contribution in [0.2, 0.25) is 20.1 Å². The van der Waals surface area contributed by atoms with Crippen LogP contribution in [0, 0.1) is 34.6 Å². The first-order chi connectivity index (χ1) is 56.3. The lowest BCUT2D eigenvalue weighted by Gasteiger charge is -2.13. The van der Waals surface area contributed by atoms with Gasteiger partial charge in [0.15, 0.2) is 5.11 Å². The molecule has 12 N–H and O–H groups in total. The zero-order valence-corrected chi connectivity index (χ0v) is 72.2. The van der Waals surface area contributed by atoms with Gasteiger partial charge < -0.3 is 56.3 Å². The van der Waals surface area contributed by atoms with Gasteiger partial charge in [0.25, 0.3) is 0 Å². The second-order valence-corrected chi connectivity index (χ2v) is 35.5. The van der Waals surface area contributed by atoms with Crippen molar-refractivity contribution in [3.05, 3.63) is 226 Å². The van der Waals surface area contributed by atoms with Crippen LogP contribution in [-0.4, -0.2) is 113 Å². The molecule has 0 spiro atoms. The van der Waals surface area contributed by atoms with Crippen molar-refractivity contribution in [1.29, 1.82) is 5.26 Å². The zero-order chi connectivity index (χ0) is 86.6. The molecule has 11 rings (SSSR count). The summed E-state index contributed by atoms with van der Waals surface area (Å²) in [4.78, 5) is 45.7. The number of aromatic nitrogens is 6. The van der Waals surface area contributed by atoms with Gasteiger partial charge in [0.1, 0.15) is 61.3 Å². The molecule has 0 radical (unpaired) electrons. The van der Waals surface area contributed by atoms with Crippen LogP contribution in [0.15, 0.2) is 146 Å². The van der Waals surface area contributed by atoms with Crippen molar-refractivity contribution in [1.82, 2.24) is 46.7 Å². The number of hydrazine groups is 1. The van der Waals surface area contributed by atoms with Gasteiger partial charge in [0.2, 0.25) is 15.4 Å². The largest absolute Gasteiger partial charge is 0.496 e. The minimum absolute atomic E-state index is 0.0173. The van der Waals surface area contributed by atoms with Gasteiger partial charge in [-0.05, 0) is 177 Å². The van der Waals surface area contributed by atoms with Crippen molar-refractivity contribution in [2.45, 2.75) is 58.3 Å². The summed E-state index contributed by atoms with van der Waals surface area (Å²) < 4.78 is 95.8. The van der Waals surface area contributed by atoms with Gasteiger partial charge in [-0.3, -0.25) is 24.8 Å². The van der Waals surface area contributed by atoms with E-state index in [-0.39, 0.29) is 65.8 Å². The molecule has 0 bridgehead atoms. The van der Waals surface area contributed by atoms with Crippen LogP contribution in [0.3, 0.4) is 0 Å². The number of methoxy groups -OCH3 is 4. The third-order valence-corrected chi connectivity index (χ3v) is 18.9. The van der Waals surface area contributed by atoms with Crippen molar-refractivity contribution in [2.24, 2.45) is 11.6 Å². The molecule has 26 nitrogen and oxygen atoms in total. The molecule has 0 fully saturated rings. The maximum atomic E-state index is 15.4. The number of carbonyl (C=O) groups excluding carboxylic acids is 3. The maximum Gasteiger partial charge on any atom is 0.339 e. The van der Waals surface area contributed by atoms with E-state index in [1.165, 1.54) is 39.8 Å². The SMILES string of the molecule is CCOC(=O)CCCNC(=O)Nc1nnc(Cc2ccc(OC)c(-c3cccc(Cl)c3)c2F)s1.COc1ccc(CC#N)c(F)c1-c1cccc(Cl)c1.COc1ccc(Cc2nnc(N)s2)c(F)c1-c1cccc(Cl)c1.COc1ccc(Cc2nnc(NC(=O)NCCCC(=O)O)s2)c(F)c1-c1cccc(Cl)c1.NNC(N)=S.O=P(Cl)(Cl)Cl.